The van der Waals surface area contributed by atoms with Gasteiger partial charge in [-0.05, 0) is 40.6 Å². The molecule has 0 aromatic heterocycles. The van der Waals surface area contributed by atoms with E-state index in [-0.39, 0.29) is 0 Å². The molecule has 5 nitrogen and oxygen atoms in total. The van der Waals surface area contributed by atoms with Crippen LogP contribution in [0.25, 0.3) is 10.8 Å². The highest BCUT2D eigenvalue weighted by atomic mass is 16.5. The van der Waals surface area contributed by atoms with E-state index in [0.29, 0.717) is 6.54 Å². The van der Waals surface area contributed by atoms with Gasteiger partial charge in [0.1, 0.15) is 0 Å². The summed E-state index contributed by atoms with van der Waals surface area (Å²) < 4.78 is 5.40. The standard InChI is InChI=1S/C21H23N3O2/c25-23-20-13-16(5-8-21(20)24-9-11-26-12-10-24)15-22-19-7-6-17-3-1-2-4-18(17)14-19/h1-8,13-14,22-23,25H,9-12,15H2. The Labute approximate surface area is 153 Å². The molecular formula is C21H23N3O2. The van der Waals surface area contributed by atoms with E-state index in [4.69, 9.17) is 4.74 Å². The Morgan fingerprint density at radius 3 is 2.54 bits per heavy atom. The minimum atomic E-state index is 0.691. The molecule has 3 N–H and O–H groups in total. The average molecular weight is 349 g/mol. The summed E-state index contributed by atoms with van der Waals surface area (Å²) in [6.07, 6.45) is 0. The maximum atomic E-state index is 9.55. The van der Waals surface area contributed by atoms with Crippen molar-refractivity contribution >= 4 is 27.8 Å². The van der Waals surface area contributed by atoms with Crippen LogP contribution < -0.4 is 15.7 Å². The van der Waals surface area contributed by atoms with E-state index < -0.39 is 0 Å². The smallest absolute Gasteiger partial charge is 0.0838 e. The molecule has 0 radical (unpaired) electrons. The monoisotopic (exact) mass is 349 g/mol. The lowest BCUT2D eigenvalue weighted by atomic mass is 10.1. The lowest BCUT2D eigenvalue weighted by Gasteiger charge is -2.30. The molecule has 0 amide bonds. The van der Waals surface area contributed by atoms with E-state index >= 15 is 0 Å². The number of rotatable bonds is 5. The van der Waals surface area contributed by atoms with E-state index in [1.807, 2.05) is 6.07 Å². The van der Waals surface area contributed by atoms with Gasteiger partial charge in [-0.2, -0.15) is 0 Å². The van der Waals surface area contributed by atoms with Crippen LogP contribution in [0.2, 0.25) is 0 Å². The van der Waals surface area contributed by atoms with Crippen molar-refractivity contribution in [1.82, 2.24) is 0 Å². The summed E-state index contributed by atoms with van der Waals surface area (Å²) in [5, 5.41) is 15.5. The molecule has 0 saturated carbocycles. The van der Waals surface area contributed by atoms with Gasteiger partial charge in [-0.3, -0.25) is 10.7 Å². The fraction of sp³-hybridized carbons (Fsp3) is 0.238. The fourth-order valence-electron chi connectivity index (χ4n) is 3.37. The van der Waals surface area contributed by atoms with Crippen molar-refractivity contribution < 1.29 is 9.94 Å². The summed E-state index contributed by atoms with van der Waals surface area (Å²) in [6, 6.07) is 20.8. The van der Waals surface area contributed by atoms with Gasteiger partial charge in [-0.15, -0.1) is 0 Å². The van der Waals surface area contributed by atoms with Crippen LogP contribution in [-0.2, 0) is 11.3 Å². The summed E-state index contributed by atoms with van der Waals surface area (Å²) in [4.78, 5) is 2.22. The Kier molecular flexibility index (Phi) is 4.91. The molecule has 0 unspecified atom stereocenters. The number of nitrogens with zero attached hydrogens (tertiary/aromatic N) is 1. The van der Waals surface area contributed by atoms with Crippen molar-refractivity contribution in [3.63, 3.8) is 0 Å². The molecule has 26 heavy (non-hydrogen) atoms. The molecule has 1 saturated heterocycles. The number of morpholine rings is 1. The van der Waals surface area contributed by atoms with Crippen molar-refractivity contribution in [3.05, 3.63) is 66.2 Å². The Balaban J connectivity index is 1.48. The molecule has 1 aliphatic heterocycles. The molecule has 134 valence electrons. The van der Waals surface area contributed by atoms with Gasteiger partial charge in [0.25, 0.3) is 0 Å². The molecule has 1 fully saturated rings. The first-order chi connectivity index (χ1) is 12.8. The molecule has 0 aliphatic carbocycles. The highest BCUT2D eigenvalue weighted by Crippen LogP contribution is 2.28. The molecule has 1 heterocycles. The molecule has 0 spiro atoms. The zero-order valence-corrected chi connectivity index (χ0v) is 14.6. The summed E-state index contributed by atoms with van der Waals surface area (Å²) in [5.74, 6) is 0. The predicted molar refractivity (Wildman–Crippen MR) is 106 cm³/mol. The molecular weight excluding hydrogens is 326 g/mol. The second-order valence-electron chi connectivity index (χ2n) is 6.48. The van der Waals surface area contributed by atoms with E-state index in [1.54, 1.807) is 0 Å². The van der Waals surface area contributed by atoms with Crippen molar-refractivity contribution in [2.75, 3.05) is 42.0 Å². The highest BCUT2D eigenvalue weighted by Gasteiger charge is 2.15. The first kappa shape index (κ1) is 16.7. The van der Waals surface area contributed by atoms with Gasteiger partial charge in [0.05, 0.1) is 24.6 Å². The third kappa shape index (κ3) is 3.59. The van der Waals surface area contributed by atoms with Gasteiger partial charge in [0, 0.05) is 25.3 Å². The minimum Gasteiger partial charge on any atom is -0.381 e. The van der Waals surface area contributed by atoms with E-state index in [1.165, 1.54) is 10.8 Å². The zero-order chi connectivity index (χ0) is 17.8. The van der Waals surface area contributed by atoms with Crippen molar-refractivity contribution in [3.8, 4) is 0 Å². The van der Waals surface area contributed by atoms with Crippen LogP contribution in [-0.4, -0.2) is 31.5 Å². The lowest BCUT2D eigenvalue weighted by molar-refractivity contribution is 0.122. The Morgan fingerprint density at radius 1 is 0.923 bits per heavy atom. The van der Waals surface area contributed by atoms with Gasteiger partial charge in [-0.1, -0.05) is 36.4 Å². The van der Waals surface area contributed by atoms with Crippen LogP contribution in [0.5, 0.6) is 0 Å². The first-order valence-electron chi connectivity index (χ1n) is 8.92. The number of nitrogens with one attached hydrogen (secondary N) is 2. The maximum Gasteiger partial charge on any atom is 0.0838 e. The molecule has 5 heteroatoms. The van der Waals surface area contributed by atoms with Gasteiger partial charge >= 0.3 is 0 Å². The highest BCUT2D eigenvalue weighted by molar-refractivity contribution is 5.85. The topological polar surface area (TPSA) is 56.8 Å². The van der Waals surface area contributed by atoms with E-state index in [0.717, 1.165) is 48.9 Å². The number of benzene rings is 3. The van der Waals surface area contributed by atoms with Gasteiger partial charge in [0.15, 0.2) is 0 Å². The predicted octanol–water partition coefficient (Wildman–Crippen LogP) is 4.09. The van der Waals surface area contributed by atoms with E-state index in [9.17, 15) is 5.21 Å². The zero-order valence-electron chi connectivity index (χ0n) is 14.6. The van der Waals surface area contributed by atoms with Crippen LogP contribution in [0, 0.1) is 0 Å². The van der Waals surface area contributed by atoms with E-state index in [2.05, 4.69) is 70.3 Å². The molecule has 3 aromatic rings. The molecule has 1 aliphatic rings. The SMILES string of the molecule is ONc1cc(CNc2ccc3ccccc3c2)ccc1N1CCOCC1. The maximum absolute atomic E-state index is 9.55. The normalized spacial score (nSPS) is 14.4. The summed E-state index contributed by atoms with van der Waals surface area (Å²) in [5.41, 5.74) is 6.26. The second-order valence-corrected chi connectivity index (χ2v) is 6.48. The molecule has 0 bridgehead atoms. The van der Waals surface area contributed by atoms with Crippen LogP contribution >= 0.6 is 0 Å². The average Bonchev–Trinajstić information content (AvgIpc) is 2.72. The Morgan fingerprint density at radius 2 is 1.73 bits per heavy atom. The summed E-state index contributed by atoms with van der Waals surface area (Å²) in [6.45, 7) is 3.80. The molecule has 4 rings (SSSR count). The quantitative estimate of drug-likeness (QED) is 0.606. The van der Waals surface area contributed by atoms with Crippen molar-refractivity contribution in [2.45, 2.75) is 6.54 Å². The van der Waals surface area contributed by atoms with Gasteiger partial charge in [-0.25, -0.2) is 0 Å². The van der Waals surface area contributed by atoms with Crippen LogP contribution in [0.15, 0.2) is 60.7 Å². The fourth-order valence-corrected chi connectivity index (χ4v) is 3.37. The van der Waals surface area contributed by atoms with Gasteiger partial charge in [0.2, 0.25) is 0 Å². The molecule has 3 aromatic carbocycles. The number of ether oxygens (including phenoxy) is 1. The van der Waals surface area contributed by atoms with Crippen LogP contribution in [0.4, 0.5) is 17.1 Å². The largest absolute Gasteiger partial charge is 0.381 e. The van der Waals surface area contributed by atoms with Gasteiger partial charge < -0.3 is 15.0 Å². The number of hydrogen-bond donors (Lipinski definition) is 3. The molecule has 0 atom stereocenters. The van der Waals surface area contributed by atoms with Crippen LogP contribution in [0.1, 0.15) is 5.56 Å². The second kappa shape index (κ2) is 7.64. The van der Waals surface area contributed by atoms with Crippen LogP contribution in [0.3, 0.4) is 0 Å². The summed E-state index contributed by atoms with van der Waals surface area (Å²) in [7, 11) is 0. The lowest BCUT2D eigenvalue weighted by Crippen LogP contribution is -2.36. The Hall–Kier alpha value is -2.76. The summed E-state index contributed by atoms with van der Waals surface area (Å²) >= 11 is 0. The van der Waals surface area contributed by atoms with Crippen molar-refractivity contribution in [1.29, 1.82) is 0 Å². The third-order valence-corrected chi connectivity index (χ3v) is 4.78. The third-order valence-electron chi connectivity index (χ3n) is 4.78. The first-order valence-corrected chi connectivity index (χ1v) is 8.92. The number of anilines is 3. The van der Waals surface area contributed by atoms with Crippen molar-refractivity contribution in [2.24, 2.45) is 0 Å². The minimum absolute atomic E-state index is 0.691. The Bertz CT molecular complexity index is 891. The number of hydrogen-bond acceptors (Lipinski definition) is 5. The number of fused-ring (bicyclic) bond motifs is 1.